The van der Waals surface area contributed by atoms with Crippen LogP contribution in [0.25, 0.3) is 11.0 Å². The van der Waals surface area contributed by atoms with E-state index >= 15 is 0 Å². The van der Waals surface area contributed by atoms with E-state index in [0.29, 0.717) is 11.0 Å². The Kier molecular flexibility index (Phi) is 5.91. The summed E-state index contributed by atoms with van der Waals surface area (Å²) in [4.78, 5) is 30.7. The smallest absolute Gasteiger partial charge is 0.380 e. The molecule has 34 heavy (non-hydrogen) atoms. The summed E-state index contributed by atoms with van der Waals surface area (Å²) in [7, 11) is 0. The maximum absolute atomic E-state index is 13.3. The Morgan fingerprint density at radius 3 is 2.82 bits per heavy atom. The van der Waals surface area contributed by atoms with E-state index < -0.39 is 35.4 Å². The molecule has 2 amide bonds. The van der Waals surface area contributed by atoms with Gasteiger partial charge in [0, 0.05) is 11.8 Å². The quantitative estimate of drug-likeness (QED) is 0.506. The first-order valence-corrected chi connectivity index (χ1v) is 10.2. The van der Waals surface area contributed by atoms with E-state index in [1.807, 2.05) is 0 Å². The Hall–Kier alpha value is -3.71. The number of nitrogens with zero attached hydrogens (tertiary/aromatic N) is 3. The van der Waals surface area contributed by atoms with Gasteiger partial charge in [0.2, 0.25) is 0 Å². The molecule has 1 aliphatic rings. The second kappa shape index (κ2) is 8.57. The lowest BCUT2D eigenvalue weighted by Crippen LogP contribution is -2.65. The van der Waals surface area contributed by atoms with Crippen molar-refractivity contribution in [1.82, 2.24) is 10.1 Å². The van der Waals surface area contributed by atoms with Crippen molar-refractivity contribution in [3.05, 3.63) is 42.1 Å². The number of anilines is 3. The number of nitrogens with two attached hydrogens (primary N) is 1. The van der Waals surface area contributed by atoms with Gasteiger partial charge in [0.05, 0.1) is 18.5 Å². The van der Waals surface area contributed by atoms with Crippen LogP contribution in [-0.2, 0) is 20.5 Å². The summed E-state index contributed by atoms with van der Waals surface area (Å²) in [6.45, 7) is 1.28. The normalized spacial score (nSPS) is 19.9. The van der Waals surface area contributed by atoms with Gasteiger partial charge in [0.25, 0.3) is 11.8 Å². The number of hydrogen-bond acceptors (Lipinski definition) is 8. The number of halogens is 3. The summed E-state index contributed by atoms with van der Waals surface area (Å²) in [6.07, 6.45) is -6.82. The number of hydrogen-bond donors (Lipinski definition) is 3. The van der Waals surface area contributed by atoms with Crippen LogP contribution in [0.15, 0.2) is 40.9 Å². The van der Waals surface area contributed by atoms with Crippen molar-refractivity contribution in [2.45, 2.75) is 31.2 Å². The highest BCUT2D eigenvalue weighted by Crippen LogP contribution is 2.33. The Balaban J connectivity index is 1.59. The number of benzene rings is 1. The highest BCUT2D eigenvalue weighted by Gasteiger charge is 2.53. The molecule has 1 fully saturated rings. The van der Waals surface area contributed by atoms with Gasteiger partial charge in [-0.15, -0.1) is 0 Å². The Labute approximate surface area is 190 Å². The SMILES string of the molecule is CC[C@]1([C@@H](O)C(=O)Nc2ccc3c(N)noc3c2)OCCN(c2cccc(C(F)(F)F)n2)C1=O. The van der Waals surface area contributed by atoms with Crippen molar-refractivity contribution < 1.29 is 37.1 Å². The number of pyridine rings is 1. The van der Waals surface area contributed by atoms with Crippen LogP contribution in [0.2, 0.25) is 0 Å². The molecule has 3 aromatic rings. The number of fused-ring (bicyclic) bond motifs is 1. The van der Waals surface area contributed by atoms with Crippen LogP contribution in [0.5, 0.6) is 0 Å². The van der Waals surface area contributed by atoms with Gasteiger partial charge in [-0.25, -0.2) is 4.98 Å². The van der Waals surface area contributed by atoms with E-state index in [2.05, 4.69) is 15.5 Å². The zero-order chi connectivity index (χ0) is 24.7. The summed E-state index contributed by atoms with van der Waals surface area (Å²) in [5, 5.41) is 17.5. The third-order valence-corrected chi connectivity index (χ3v) is 5.57. The van der Waals surface area contributed by atoms with Gasteiger partial charge in [0.1, 0.15) is 11.5 Å². The molecule has 4 rings (SSSR count). The lowest BCUT2D eigenvalue weighted by molar-refractivity contribution is -0.175. The third-order valence-electron chi connectivity index (χ3n) is 5.57. The molecule has 0 spiro atoms. The molecule has 3 heterocycles. The van der Waals surface area contributed by atoms with Crippen LogP contribution in [0.4, 0.5) is 30.5 Å². The van der Waals surface area contributed by atoms with Gasteiger partial charge in [-0.2, -0.15) is 13.2 Å². The third kappa shape index (κ3) is 4.03. The van der Waals surface area contributed by atoms with E-state index in [1.165, 1.54) is 25.1 Å². The number of carbonyl (C=O) groups excluding carboxylic acids is 2. The molecular formula is C21H20F3N5O5. The number of carbonyl (C=O) groups is 2. The van der Waals surface area contributed by atoms with Crippen LogP contribution in [0.1, 0.15) is 19.0 Å². The van der Waals surface area contributed by atoms with Crippen molar-refractivity contribution in [3.63, 3.8) is 0 Å². The second-order valence-electron chi connectivity index (χ2n) is 7.60. The summed E-state index contributed by atoms with van der Waals surface area (Å²) in [5.41, 5.74) is 2.99. The van der Waals surface area contributed by atoms with Gasteiger partial charge in [-0.05, 0) is 30.7 Å². The molecule has 1 saturated heterocycles. The summed E-state index contributed by atoms with van der Waals surface area (Å²) in [6, 6.07) is 7.64. The zero-order valence-corrected chi connectivity index (χ0v) is 17.8. The molecule has 0 saturated carbocycles. The van der Waals surface area contributed by atoms with Gasteiger partial charge in [-0.1, -0.05) is 18.1 Å². The summed E-state index contributed by atoms with van der Waals surface area (Å²) in [5.74, 6) is -1.93. The van der Waals surface area contributed by atoms with E-state index in [9.17, 15) is 27.9 Å². The molecule has 4 N–H and O–H groups in total. The summed E-state index contributed by atoms with van der Waals surface area (Å²) < 4.78 is 49.9. The minimum absolute atomic E-state index is 0.104. The van der Waals surface area contributed by atoms with Crippen molar-refractivity contribution >= 4 is 40.1 Å². The van der Waals surface area contributed by atoms with E-state index in [4.69, 9.17) is 15.0 Å². The number of nitrogens with one attached hydrogen (secondary N) is 1. The average molecular weight is 479 g/mol. The fourth-order valence-corrected chi connectivity index (χ4v) is 3.76. The van der Waals surface area contributed by atoms with E-state index in [0.717, 1.165) is 17.0 Å². The largest absolute Gasteiger partial charge is 0.433 e. The van der Waals surface area contributed by atoms with Crippen molar-refractivity contribution in [1.29, 1.82) is 0 Å². The first-order valence-electron chi connectivity index (χ1n) is 10.2. The van der Waals surface area contributed by atoms with Crippen molar-refractivity contribution in [2.75, 3.05) is 29.1 Å². The number of rotatable bonds is 5. The highest BCUT2D eigenvalue weighted by molar-refractivity contribution is 6.06. The van der Waals surface area contributed by atoms with Crippen molar-refractivity contribution in [2.24, 2.45) is 0 Å². The molecule has 1 aliphatic heterocycles. The molecular weight excluding hydrogens is 459 g/mol. The van der Waals surface area contributed by atoms with E-state index in [-0.39, 0.29) is 36.9 Å². The van der Waals surface area contributed by atoms with Crippen LogP contribution in [0.3, 0.4) is 0 Å². The minimum atomic E-state index is -4.71. The Bertz CT molecular complexity index is 1250. The number of aliphatic hydroxyl groups is 1. The topological polar surface area (TPSA) is 144 Å². The van der Waals surface area contributed by atoms with Gasteiger partial charge < -0.3 is 25.4 Å². The van der Waals surface area contributed by atoms with Gasteiger partial charge >= 0.3 is 6.18 Å². The predicted molar refractivity (Wildman–Crippen MR) is 114 cm³/mol. The number of aliphatic hydroxyl groups excluding tert-OH is 1. The fourth-order valence-electron chi connectivity index (χ4n) is 3.76. The maximum atomic E-state index is 13.3. The standard InChI is InChI=1S/C21H20F3N5O5/c1-2-20(16(30)18(31)26-11-6-7-12-13(10-11)34-28-17(12)25)19(32)29(8-9-33-20)15-5-3-4-14(27-15)21(22,23)24/h3-7,10,16,30H,2,8-9H2,1H3,(H2,25,28)(H,26,31)/t16-,20+/m0/s1. The van der Waals surface area contributed by atoms with E-state index in [1.54, 1.807) is 6.07 Å². The number of amides is 2. The Morgan fingerprint density at radius 1 is 1.35 bits per heavy atom. The zero-order valence-electron chi connectivity index (χ0n) is 17.8. The number of alkyl halides is 3. The molecule has 2 aromatic heterocycles. The van der Waals surface area contributed by atoms with Crippen LogP contribution in [-0.4, -0.2) is 51.9 Å². The molecule has 2 atom stereocenters. The van der Waals surface area contributed by atoms with Gasteiger partial charge in [0.15, 0.2) is 23.1 Å². The van der Waals surface area contributed by atoms with Gasteiger partial charge in [-0.3, -0.25) is 14.5 Å². The molecule has 13 heteroatoms. The highest BCUT2D eigenvalue weighted by atomic mass is 19.4. The second-order valence-corrected chi connectivity index (χ2v) is 7.60. The lowest BCUT2D eigenvalue weighted by atomic mass is 9.89. The monoisotopic (exact) mass is 479 g/mol. The molecule has 0 radical (unpaired) electrons. The van der Waals surface area contributed by atoms with Crippen LogP contribution >= 0.6 is 0 Å². The number of aromatic nitrogens is 2. The molecule has 180 valence electrons. The number of morpholine rings is 1. The average Bonchev–Trinajstić information content (AvgIpc) is 3.18. The fraction of sp³-hybridized carbons (Fsp3) is 0.333. The maximum Gasteiger partial charge on any atom is 0.433 e. The molecule has 10 nitrogen and oxygen atoms in total. The van der Waals surface area contributed by atoms with Crippen LogP contribution < -0.4 is 16.0 Å². The molecule has 1 aromatic carbocycles. The summed E-state index contributed by atoms with van der Waals surface area (Å²) >= 11 is 0. The number of nitrogen functional groups attached to an aromatic ring is 1. The first-order chi connectivity index (χ1) is 16.1. The molecule has 0 aliphatic carbocycles. The van der Waals surface area contributed by atoms with Crippen LogP contribution in [0, 0.1) is 0 Å². The van der Waals surface area contributed by atoms with Crippen molar-refractivity contribution in [3.8, 4) is 0 Å². The molecule has 0 unspecified atom stereocenters. The lowest BCUT2D eigenvalue weighted by Gasteiger charge is -2.42. The predicted octanol–water partition coefficient (Wildman–Crippen LogP) is 2.34. The Morgan fingerprint density at radius 2 is 2.12 bits per heavy atom. The first kappa shape index (κ1) is 23.4. The molecule has 0 bridgehead atoms. The minimum Gasteiger partial charge on any atom is -0.380 e. The number of ether oxygens (including phenoxy) is 1.